The van der Waals surface area contributed by atoms with Crippen molar-refractivity contribution in [2.24, 2.45) is 0 Å². The maximum Gasteiger partial charge on any atom is 0.405 e. The Bertz CT molecular complexity index is 620. The third-order valence-corrected chi connectivity index (χ3v) is 4.79. The summed E-state index contributed by atoms with van der Waals surface area (Å²) in [5.74, 6) is -0.419. The molecular weight excluding hydrogens is 317 g/mol. The lowest BCUT2D eigenvalue weighted by atomic mass is 10.2. The van der Waals surface area contributed by atoms with Gasteiger partial charge in [0, 0.05) is 12.7 Å². The number of sulfone groups is 1. The first-order chi connectivity index (χ1) is 8.97. The number of thiophene rings is 1. The molecule has 0 aliphatic carbocycles. The van der Waals surface area contributed by atoms with Crippen molar-refractivity contribution in [3.8, 4) is 0 Å². The molecular formula is C10H13F3N2O3S2. The average Bonchev–Trinajstić information content (AvgIpc) is 2.61. The van der Waals surface area contributed by atoms with Gasteiger partial charge in [0.1, 0.15) is 16.4 Å². The molecule has 1 heterocycles. The number of Topliss-reactive ketones (excluding diaryl/α,β-unsaturated/α-hetero) is 1. The summed E-state index contributed by atoms with van der Waals surface area (Å²) in [5, 5.41) is 1.72. The van der Waals surface area contributed by atoms with Crippen molar-refractivity contribution in [2.75, 3.05) is 23.9 Å². The van der Waals surface area contributed by atoms with Crippen LogP contribution in [-0.4, -0.2) is 33.2 Å². The topological polar surface area (TPSA) is 89.3 Å². The largest absolute Gasteiger partial charge is 0.405 e. The van der Waals surface area contributed by atoms with E-state index in [4.69, 9.17) is 5.73 Å². The minimum Gasteiger partial charge on any atom is -0.396 e. The van der Waals surface area contributed by atoms with Gasteiger partial charge in [-0.1, -0.05) is 6.92 Å². The van der Waals surface area contributed by atoms with Crippen molar-refractivity contribution in [1.29, 1.82) is 0 Å². The highest BCUT2D eigenvalue weighted by atomic mass is 32.2. The molecule has 3 N–H and O–H groups in total. The lowest BCUT2D eigenvalue weighted by molar-refractivity contribution is -0.115. The Hall–Kier alpha value is -1.29. The zero-order chi connectivity index (χ0) is 15.7. The van der Waals surface area contributed by atoms with Crippen LogP contribution in [0.2, 0.25) is 0 Å². The standard InChI is InChI=1S/C10H13F3N2O3S2/c1-3-5(16)7-6(14)8(20(2,17)18)9(19-7)15-4-10(11,12)13/h15H,3-4,14H2,1-2H3. The number of nitrogen functional groups attached to an aromatic ring is 1. The van der Waals surface area contributed by atoms with E-state index in [0.29, 0.717) is 11.3 Å². The van der Waals surface area contributed by atoms with E-state index >= 15 is 0 Å². The summed E-state index contributed by atoms with van der Waals surface area (Å²) in [5.41, 5.74) is 5.30. The lowest BCUT2D eigenvalue weighted by Gasteiger charge is -2.09. The number of ketones is 1. The molecule has 1 aromatic heterocycles. The number of halogens is 3. The fraction of sp³-hybridized carbons (Fsp3) is 0.500. The van der Waals surface area contributed by atoms with Crippen LogP contribution in [0.4, 0.5) is 23.9 Å². The number of anilines is 2. The SMILES string of the molecule is CCC(=O)c1sc(NCC(F)(F)F)c(S(C)(=O)=O)c1N. The molecule has 0 saturated carbocycles. The molecule has 1 aromatic rings. The van der Waals surface area contributed by atoms with Crippen LogP contribution in [0.1, 0.15) is 23.0 Å². The summed E-state index contributed by atoms with van der Waals surface area (Å²) < 4.78 is 59.8. The minimum absolute atomic E-state index is 0.0439. The van der Waals surface area contributed by atoms with Crippen molar-refractivity contribution < 1.29 is 26.4 Å². The molecule has 0 aliphatic rings. The fourth-order valence-corrected chi connectivity index (χ4v) is 4.04. The van der Waals surface area contributed by atoms with Gasteiger partial charge in [-0.15, -0.1) is 11.3 Å². The summed E-state index contributed by atoms with van der Waals surface area (Å²) in [4.78, 5) is 11.1. The molecule has 0 amide bonds. The van der Waals surface area contributed by atoms with Crippen LogP contribution in [0.3, 0.4) is 0 Å². The number of alkyl halides is 3. The zero-order valence-electron chi connectivity index (χ0n) is 10.7. The van der Waals surface area contributed by atoms with Crippen LogP contribution in [0.25, 0.3) is 0 Å². The van der Waals surface area contributed by atoms with Crippen LogP contribution >= 0.6 is 11.3 Å². The maximum atomic E-state index is 12.2. The van der Waals surface area contributed by atoms with E-state index in [1.165, 1.54) is 0 Å². The van der Waals surface area contributed by atoms with Crippen LogP contribution < -0.4 is 11.1 Å². The molecule has 0 unspecified atom stereocenters. The average molecular weight is 330 g/mol. The van der Waals surface area contributed by atoms with Gasteiger partial charge in [-0.2, -0.15) is 13.2 Å². The van der Waals surface area contributed by atoms with Crippen LogP contribution in [-0.2, 0) is 9.84 Å². The maximum absolute atomic E-state index is 12.2. The summed E-state index contributed by atoms with van der Waals surface area (Å²) >= 11 is 0.622. The number of hydrogen-bond acceptors (Lipinski definition) is 6. The van der Waals surface area contributed by atoms with E-state index in [2.05, 4.69) is 0 Å². The number of carbonyl (C=O) groups is 1. The Balaban J connectivity index is 3.32. The van der Waals surface area contributed by atoms with Gasteiger partial charge >= 0.3 is 6.18 Å². The molecule has 0 fully saturated rings. The quantitative estimate of drug-likeness (QED) is 0.809. The molecule has 5 nitrogen and oxygen atoms in total. The van der Waals surface area contributed by atoms with Crippen molar-refractivity contribution >= 4 is 37.6 Å². The van der Waals surface area contributed by atoms with E-state index in [0.717, 1.165) is 6.26 Å². The van der Waals surface area contributed by atoms with Gasteiger partial charge in [0.2, 0.25) is 0 Å². The minimum atomic E-state index is -4.51. The molecule has 1 rings (SSSR count). The molecule has 0 aliphatic heterocycles. The number of nitrogens with two attached hydrogens (primary N) is 1. The first-order valence-electron chi connectivity index (χ1n) is 5.43. The van der Waals surface area contributed by atoms with Crippen molar-refractivity contribution in [3.05, 3.63) is 4.88 Å². The number of nitrogens with one attached hydrogen (secondary N) is 1. The van der Waals surface area contributed by atoms with Crippen molar-refractivity contribution in [2.45, 2.75) is 24.4 Å². The van der Waals surface area contributed by atoms with Crippen molar-refractivity contribution in [1.82, 2.24) is 0 Å². The molecule has 0 atom stereocenters. The predicted molar refractivity (Wildman–Crippen MR) is 71.0 cm³/mol. The highest BCUT2D eigenvalue weighted by molar-refractivity contribution is 7.91. The monoisotopic (exact) mass is 330 g/mol. The Morgan fingerprint density at radius 1 is 1.40 bits per heavy atom. The summed E-state index contributed by atoms with van der Waals surface area (Å²) in [6.45, 7) is 0.139. The first kappa shape index (κ1) is 16.8. The Morgan fingerprint density at radius 2 is 1.95 bits per heavy atom. The van der Waals surface area contributed by atoms with E-state index in [9.17, 15) is 26.4 Å². The Morgan fingerprint density at radius 3 is 2.35 bits per heavy atom. The highest BCUT2D eigenvalue weighted by Gasteiger charge is 2.31. The lowest BCUT2D eigenvalue weighted by Crippen LogP contribution is -2.21. The van der Waals surface area contributed by atoms with Crippen LogP contribution in [0.5, 0.6) is 0 Å². The van der Waals surface area contributed by atoms with Gasteiger partial charge < -0.3 is 11.1 Å². The van der Waals surface area contributed by atoms with Gasteiger partial charge in [-0.05, 0) is 0 Å². The van der Waals surface area contributed by atoms with E-state index < -0.39 is 33.2 Å². The zero-order valence-corrected chi connectivity index (χ0v) is 12.3. The molecule has 20 heavy (non-hydrogen) atoms. The molecule has 0 saturated heterocycles. The second kappa shape index (κ2) is 5.60. The summed E-state index contributed by atoms with van der Waals surface area (Å²) in [7, 11) is -3.85. The summed E-state index contributed by atoms with van der Waals surface area (Å²) in [6.07, 6.45) is -3.61. The fourth-order valence-electron chi connectivity index (χ4n) is 1.46. The number of carbonyl (C=O) groups excluding carboxylic acids is 1. The first-order valence-corrected chi connectivity index (χ1v) is 8.14. The third kappa shape index (κ3) is 3.85. The van der Waals surface area contributed by atoms with Gasteiger partial charge in [-0.3, -0.25) is 4.79 Å². The van der Waals surface area contributed by atoms with Crippen molar-refractivity contribution in [3.63, 3.8) is 0 Å². The molecule has 10 heteroatoms. The number of rotatable bonds is 5. The second-order valence-electron chi connectivity index (χ2n) is 4.02. The Kier molecular flexibility index (Phi) is 4.70. The molecule has 0 aromatic carbocycles. The van der Waals surface area contributed by atoms with E-state index in [-0.39, 0.29) is 22.0 Å². The van der Waals surface area contributed by atoms with Gasteiger partial charge in [0.25, 0.3) is 0 Å². The van der Waals surface area contributed by atoms with Gasteiger partial charge in [-0.25, -0.2) is 8.42 Å². The predicted octanol–water partition coefficient (Wildman–Crippen LogP) is 2.30. The van der Waals surface area contributed by atoms with Crippen LogP contribution in [0.15, 0.2) is 4.90 Å². The number of hydrogen-bond donors (Lipinski definition) is 2. The molecule has 114 valence electrons. The van der Waals surface area contributed by atoms with Crippen LogP contribution in [0, 0.1) is 0 Å². The van der Waals surface area contributed by atoms with Gasteiger partial charge in [0.15, 0.2) is 15.6 Å². The molecule has 0 spiro atoms. The third-order valence-electron chi connectivity index (χ3n) is 2.29. The second-order valence-corrected chi connectivity index (χ2v) is 6.99. The normalized spacial score (nSPS) is 12.4. The Labute approximate surface area is 117 Å². The molecule has 0 radical (unpaired) electrons. The molecule has 0 bridgehead atoms. The smallest absolute Gasteiger partial charge is 0.396 e. The van der Waals surface area contributed by atoms with E-state index in [1.807, 2.05) is 5.32 Å². The van der Waals surface area contributed by atoms with E-state index in [1.54, 1.807) is 6.92 Å². The van der Waals surface area contributed by atoms with Gasteiger partial charge in [0.05, 0.1) is 10.6 Å². The summed E-state index contributed by atoms with van der Waals surface area (Å²) in [6, 6.07) is 0. The highest BCUT2D eigenvalue weighted by Crippen LogP contribution is 2.40.